The number of hydrogen-bond acceptors (Lipinski definition) is 4. The number of aromatic nitrogens is 2. The Labute approximate surface area is 161 Å². The number of rotatable bonds is 5. The van der Waals surface area contributed by atoms with Gasteiger partial charge in [0.05, 0.1) is 17.6 Å². The molecule has 1 aromatic carbocycles. The Bertz CT molecular complexity index is 746. The van der Waals surface area contributed by atoms with Crippen LogP contribution >= 0.6 is 12.4 Å². The SMILES string of the molecule is CC(C)c1ccc([C@@H](N)CNC(=O)c2cnc3c(n2)CCCC3)cc1.Cl. The normalized spacial score (nSPS) is 14.3. The van der Waals surface area contributed by atoms with E-state index < -0.39 is 0 Å². The fourth-order valence-corrected chi connectivity index (χ4v) is 3.09. The Balaban J connectivity index is 0.00000243. The van der Waals surface area contributed by atoms with Crippen LogP contribution in [0.5, 0.6) is 0 Å². The van der Waals surface area contributed by atoms with Crippen LogP contribution in [0.2, 0.25) is 0 Å². The van der Waals surface area contributed by atoms with Crippen molar-refractivity contribution < 1.29 is 4.79 Å². The molecule has 0 aliphatic heterocycles. The summed E-state index contributed by atoms with van der Waals surface area (Å²) in [5.74, 6) is 0.280. The third kappa shape index (κ3) is 4.80. The molecule has 6 heteroatoms. The fourth-order valence-electron chi connectivity index (χ4n) is 3.09. The van der Waals surface area contributed by atoms with Crippen molar-refractivity contribution in [3.05, 3.63) is 58.7 Å². The van der Waals surface area contributed by atoms with E-state index in [1.807, 2.05) is 12.1 Å². The van der Waals surface area contributed by atoms with Gasteiger partial charge in [0.25, 0.3) is 5.91 Å². The molecular weight excluding hydrogens is 348 g/mol. The van der Waals surface area contributed by atoms with Crippen LogP contribution < -0.4 is 11.1 Å². The number of carbonyl (C=O) groups is 1. The Hall–Kier alpha value is -1.98. The number of hydrogen-bond donors (Lipinski definition) is 2. The number of fused-ring (bicyclic) bond motifs is 1. The lowest BCUT2D eigenvalue weighted by Crippen LogP contribution is -2.32. The van der Waals surface area contributed by atoms with E-state index in [2.05, 4.69) is 41.3 Å². The highest BCUT2D eigenvalue weighted by molar-refractivity contribution is 5.92. The summed E-state index contributed by atoms with van der Waals surface area (Å²) >= 11 is 0. The van der Waals surface area contributed by atoms with Gasteiger partial charge in [0.2, 0.25) is 0 Å². The third-order valence-corrected chi connectivity index (χ3v) is 4.75. The lowest BCUT2D eigenvalue weighted by Gasteiger charge is -2.16. The van der Waals surface area contributed by atoms with Gasteiger partial charge in [-0.3, -0.25) is 9.78 Å². The van der Waals surface area contributed by atoms with Gasteiger partial charge in [-0.15, -0.1) is 12.4 Å². The standard InChI is InChI=1S/C20H26N4O.ClH/c1-13(2)14-7-9-15(10-8-14)16(21)11-23-20(25)19-12-22-17-5-3-4-6-18(17)24-19;/h7-10,12-13,16H,3-6,11,21H2,1-2H3,(H,23,25);1H/t16-;/m0./s1. The molecule has 2 aromatic rings. The van der Waals surface area contributed by atoms with Gasteiger partial charge in [-0.05, 0) is 42.7 Å². The van der Waals surface area contributed by atoms with Crippen LogP contribution in [-0.2, 0) is 12.8 Å². The molecule has 1 aliphatic rings. The van der Waals surface area contributed by atoms with Gasteiger partial charge in [0.15, 0.2) is 0 Å². The molecule has 0 spiro atoms. The largest absolute Gasteiger partial charge is 0.349 e. The maximum absolute atomic E-state index is 12.3. The molecule has 5 nitrogen and oxygen atoms in total. The highest BCUT2D eigenvalue weighted by Crippen LogP contribution is 2.18. The Morgan fingerprint density at radius 2 is 1.73 bits per heavy atom. The zero-order valence-corrected chi connectivity index (χ0v) is 16.2. The van der Waals surface area contributed by atoms with E-state index in [0.717, 1.165) is 42.6 Å². The smallest absolute Gasteiger partial charge is 0.271 e. The predicted molar refractivity (Wildman–Crippen MR) is 106 cm³/mol. The van der Waals surface area contributed by atoms with Gasteiger partial charge < -0.3 is 11.1 Å². The first-order valence-electron chi connectivity index (χ1n) is 9.03. The van der Waals surface area contributed by atoms with Crippen molar-refractivity contribution in [2.75, 3.05) is 6.54 Å². The van der Waals surface area contributed by atoms with Gasteiger partial charge in [-0.2, -0.15) is 0 Å². The highest BCUT2D eigenvalue weighted by Gasteiger charge is 2.16. The molecule has 1 aliphatic carbocycles. The Kier molecular flexibility index (Phi) is 7.12. The first-order valence-corrected chi connectivity index (χ1v) is 9.03. The van der Waals surface area contributed by atoms with Crippen molar-refractivity contribution in [2.24, 2.45) is 5.73 Å². The van der Waals surface area contributed by atoms with Crippen molar-refractivity contribution in [1.82, 2.24) is 15.3 Å². The molecule has 0 radical (unpaired) electrons. The van der Waals surface area contributed by atoms with Crippen molar-refractivity contribution in [3.63, 3.8) is 0 Å². The van der Waals surface area contributed by atoms with Crippen molar-refractivity contribution in [1.29, 1.82) is 0 Å². The lowest BCUT2D eigenvalue weighted by atomic mass is 9.99. The Morgan fingerprint density at radius 1 is 1.12 bits per heavy atom. The minimum Gasteiger partial charge on any atom is -0.349 e. The molecule has 140 valence electrons. The number of nitrogens with two attached hydrogens (primary N) is 1. The van der Waals surface area contributed by atoms with Gasteiger partial charge in [-0.25, -0.2) is 4.98 Å². The van der Waals surface area contributed by atoms with Crippen molar-refractivity contribution in [3.8, 4) is 0 Å². The van der Waals surface area contributed by atoms with E-state index >= 15 is 0 Å². The van der Waals surface area contributed by atoms with Crippen LogP contribution in [0, 0.1) is 0 Å². The second kappa shape index (κ2) is 9.10. The maximum Gasteiger partial charge on any atom is 0.271 e. The molecule has 1 aromatic heterocycles. The van der Waals surface area contributed by atoms with Gasteiger partial charge in [-0.1, -0.05) is 38.1 Å². The molecule has 1 amide bonds. The van der Waals surface area contributed by atoms with E-state index in [4.69, 9.17) is 5.73 Å². The number of benzene rings is 1. The number of carbonyl (C=O) groups excluding carboxylic acids is 1. The lowest BCUT2D eigenvalue weighted by molar-refractivity contribution is 0.0945. The van der Waals surface area contributed by atoms with E-state index in [0.29, 0.717) is 18.2 Å². The first kappa shape index (κ1) is 20.3. The molecular formula is C20H27ClN4O. The summed E-state index contributed by atoms with van der Waals surface area (Å²) in [5, 5.41) is 2.87. The minimum absolute atomic E-state index is 0. The molecule has 26 heavy (non-hydrogen) atoms. The van der Waals surface area contributed by atoms with E-state index in [9.17, 15) is 4.79 Å². The predicted octanol–water partition coefficient (Wildman–Crippen LogP) is 3.33. The summed E-state index contributed by atoms with van der Waals surface area (Å²) in [6.07, 6.45) is 5.71. The summed E-state index contributed by atoms with van der Waals surface area (Å²) in [5.41, 5.74) is 10.9. The number of nitrogens with zero attached hydrogens (tertiary/aromatic N) is 2. The van der Waals surface area contributed by atoms with Gasteiger partial charge >= 0.3 is 0 Å². The molecule has 3 N–H and O–H groups in total. The monoisotopic (exact) mass is 374 g/mol. The van der Waals surface area contributed by atoms with E-state index in [1.165, 1.54) is 5.56 Å². The third-order valence-electron chi connectivity index (χ3n) is 4.75. The molecule has 0 fully saturated rings. The molecule has 0 saturated heterocycles. The van der Waals surface area contributed by atoms with Crippen molar-refractivity contribution in [2.45, 2.75) is 51.5 Å². The van der Waals surface area contributed by atoms with E-state index in [1.54, 1.807) is 6.20 Å². The fraction of sp³-hybridized carbons (Fsp3) is 0.450. The number of halogens is 1. The minimum atomic E-state index is -0.240. The molecule has 0 unspecified atom stereocenters. The zero-order valence-electron chi connectivity index (χ0n) is 15.4. The molecule has 0 bridgehead atoms. The van der Waals surface area contributed by atoms with Crippen LogP contribution in [0.4, 0.5) is 0 Å². The average Bonchev–Trinajstić information content (AvgIpc) is 2.65. The second-order valence-electron chi connectivity index (χ2n) is 6.99. The highest BCUT2D eigenvalue weighted by atomic mass is 35.5. The zero-order chi connectivity index (χ0) is 17.8. The summed E-state index contributed by atoms with van der Waals surface area (Å²) in [7, 11) is 0. The topological polar surface area (TPSA) is 80.9 Å². The summed E-state index contributed by atoms with van der Waals surface area (Å²) in [6, 6.07) is 8.01. The summed E-state index contributed by atoms with van der Waals surface area (Å²) in [6.45, 7) is 4.70. The summed E-state index contributed by atoms with van der Waals surface area (Å²) in [4.78, 5) is 21.2. The van der Waals surface area contributed by atoms with Crippen LogP contribution in [0.1, 0.15) is 71.7 Å². The number of amides is 1. The van der Waals surface area contributed by atoms with Gasteiger partial charge in [0.1, 0.15) is 5.69 Å². The molecule has 3 rings (SSSR count). The molecule has 1 heterocycles. The average molecular weight is 375 g/mol. The quantitative estimate of drug-likeness (QED) is 0.841. The molecule has 0 saturated carbocycles. The van der Waals surface area contributed by atoms with Crippen LogP contribution in [0.25, 0.3) is 0 Å². The van der Waals surface area contributed by atoms with Crippen LogP contribution in [-0.4, -0.2) is 22.4 Å². The molecule has 1 atom stereocenters. The number of aryl methyl sites for hydroxylation is 2. The van der Waals surface area contributed by atoms with E-state index in [-0.39, 0.29) is 24.4 Å². The second-order valence-corrected chi connectivity index (χ2v) is 6.99. The Morgan fingerprint density at radius 3 is 2.38 bits per heavy atom. The maximum atomic E-state index is 12.3. The number of nitrogens with one attached hydrogen (secondary N) is 1. The first-order chi connectivity index (χ1) is 12.0. The van der Waals surface area contributed by atoms with Crippen LogP contribution in [0.3, 0.4) is 0 Å². The summed E-state index contributed by atoms with van der Waals surface area (Å²) < 4.78 is 0. The van der Waals surface area contributed by atoms with Crippen molar-refractivity contribution >= 4 is 18.3 Å². The van der Waals surface area contributed by atoms with Crippen LogP contribution in [0.15, 0.2) is 30.5 Å². The van der Waals surface area contributed by atoms with Gasteiger partial charge in [0, 0.05) is 12.6 Å².